The van der Waals surface area contributed by atoms with E-state index in [9.17, 15) is 13.2 Å². The summed E-state index contributed by atoms with van der Waals surface area (Å²) in [6.07, 6.45) is 3.14. The van der Waals surface area contributed by atoms with Gasteiger partial charge < -0.3 is 0 Å². The molecule has 1 N–H and O–H groups in total. The molecule has 100 valence electrons. The first-order valence-electron chi connectivity index (χ1n) is 5.41. The third-order valence-corrected chi connectivity index (χ3v) is 4.28. The fourth-order valence-electron chi connectivity index (χ4n) is 1.37. The lowest BCUT2D eigenvalue weighted by molar-refractivity contribution is -0.119. The third kappa shape index (κ3) is 3.83. The molecule has 0 fully saturated rings. The summed E-state index contributed by atoms with van der Waals surface area (Å²) < 4.78 is 25.6. The molecule has 2 rings (SSSR count). The zero-order chi connectivity index (χ0) is 13.7. The molecule has 0 bridgehead atoms. The number of nitrogens with one attached hydrogen (secondary N) is 1. The lowest BCUT2D eigenvalue weighted by atomic mass is 10.2. The van der Waals surface area contributed by atoms with Gasteiger partial charge in [-0.1, -0.05) is 0 Å². The zero-order valence-electron chi connectivity index (χ0n) is 9.81. The van der Waals surface area contributed by atoms with Gasteiger partial charge in [0.1, 0.15) is 4.90 Å². The Balaban J connectivity index is 1.95. The molecule has 2 aromatic heterocycles. The normalized spacial score (nSPS) is 11.2. The van der Waals surface area contributed by atoms with Crippen LogP contribution in [0.3, 0.4) is 0 Å². The van der Waals surface area contributed by atoms with E-state index in [1.54, 1.807) is 5.51 Å². The molecule has 0 unspecified atom stereocenters. The van der Waals surface area contributed by atoms with Crippen LogP contribution in [0.1, 0.15) is 12.1 Å². The van der Waals surface area contributed by atoms with Crippen LogP contribution in [0.25, 0.3) is 0 Å². The van der Waals surface area contributed by atoms with Gasteiger partial charge in [-0.25, -0.2) is 18.1 Å². The molecule has 2 heterocycles. The molecule has 0 aliphatic rings. The van der Waals surface area contributed by atoms with Gasteiger partial charge in [-0.15, -0.1) is 11.3 Å². The Morgan fingerprint density at radius 3 is 2.89 bits per heavy atom. The maximum atomic E-state index is 11.8. The highest BCUT2D eigenvalue weighted by molar-refractivity contribution is 7.90. The smallest absolute Gasteiger partial charge is 0.265 e. The summed E-state index contributed by atoms with van der Waals surface area (Å²) in [4.78, 5) is 19.3. The van der Waals surface area contributed by atoms with E-state index in [1.807, 2.05) is 10.1 Å². The number of amides is 1. The number of carbonyl (C=O) groups is 1. The topological polar surface area (TPSA) is 89.0 Å². The van der Waals surface area contributed by atoms with Gasteiger partial charge in [0.15, 0.2) is 0 Å². The van der Waals surface area contributed by atoms with Crippen LogP contribution in [-0.4, -0.2) is 24.3 Å². The van der Waals surface area contributed by atoms with Crippen molar-refractivity contribution in [2.75, 3.05) is 0 Å². The van der Waals surface area contributed by atoms with Crippen molar-refractivity contribution >= 4 is 27.3 Å². The van der Waals surface area contributed by atoms with Crippen molar-refractivity contribution in [3.63, 3.8) is 0 Å². The molecule has 1 amide bonds. The standard InChI is InChI=1S/C11H11N3O3S2/c15-11(4-3-9-7-18-8-13-9)14-19(16,17)10-2-1-5-12-6-10/h1-2,5-8H,3-4H2,(H,14,15). The monoisotopic (exact) mass is 297 g/mol. The Hall–Kier alpha value is -1.80. The maximum absolute atomic E-state index is 11.8. The van der Waals surface area contributed by atoms with Gasteiger partial charge in [0, 0.05) is 24.2 Å². The molecule has 0 aliphatic carbocycles. The molecule has 0 aliphatic heterocycles. The molecule has 0 saturated heterocycles. The molecular formula is C11H11N3O3S2. The first kappa shape index (κ1) is 13.6. The summed E-state index contributed by atoms with van der Waals surface area (Å²) in [5.74, 6) is -0.558. The Morgan fingerprint density at radius 2 is 2.26 bits per heavy atom. The Kier molecular flexibility index (Phi) is 4.23. The van der Waals surface area contributed by atoms with E-state index in [4.69, 9.17) is 0 Å². The highest BCUT2D eigenvalue weighted by atomic mass is 32.2. The lowest BCUT2D eigenvalue weighted by Crippen LogP contribution is -2.30. The number of sulfonamides is 1. The molecule has 0 spiro atoms. The minimum absolute atomic E-state index is 0.0305. The molecule has 8 heteroatoms. The number of pyridine rings is 1. The van der Waals surface area contributed by atoms with Crippen molar-refractivity contribution in [3.8, 4) is 0 Å². The van der Waals surface area contributed by atoms with E-state index in [2.05, 4.69) is 9.97 Å². The fourth-order valence-corrected chi connectivity index (χ4v) is 2.94. The predicted molar refractivity (Wildman–Crippen MR) is 70.0 cm³/mol. The van der Waals surface area contributed by atoms with Gasteiger partial charge in [0.25, 0.3) is 10.0 Å². The molecule has 2 aromatic rings. The second-order valence-corrected chi connectivity index (χ2v) is 6.10. The molecule has 0 radical (unpaired) electrons. The molecule has 6 nitrogen and oxygen atoms in total. The number of nitrogens with zero attached hydrogens (tertiary/aromatic N) is 2. The number of hydrogen-bond acceptors (Lipinski definition) is 6. The molecular weight excluding hydrogens is 286 g/mol. The van der Waals surface area contributed by atoms with Crippen molar-refractivity contribution in [1.29, 1.82) is 0 Å². The largest absolute Gasteiger partial charge is 0.274 e. The van der Waals surface area contributed by atoms with E-state index >= 15 is 0 Å². The first-order chi connectivity index (χ1) is 9.08. The predicted octanol–water partition coefficient (Wildman–Crippen LogP) is 0.976. The van der Waals surface area contributed by atoms with Gasteiger partial charge in [0.2, 0.25) is 5.91 Å². The summed E-state index contributed by atoms with van der Waals surface area (Å²) in [5.41, 5.74) is 2.44. The van der Waals surface area contributed by atoms with Crippen LogP contribution in [0.15, 0.2) is 40.3 Å². The van der Waals surface area contributed by atoms with Gasteiger partial charge >= 0.3 is 0 Å². The van der Waals surface area contributed by atoms with Crippen molar-refractivity contribution < 1.29 is 13.2 Å². The second-order valence-electron chi connectivity index (χ2n) is 3.70. The summed E-state index contributed by atoms with van der Waals surface area (Å²) in [5, 5.41) is 1.82. The van der Waals surface area contributed by atoms with Gasteiger partial charge in [0.05, 0.1) is 11.2 Å². The molecule has 0 aromatic carbocycles. The summed E-state index contributed by atoms with van der Waals surface area (Å²) >= 11 is 1.43. The Bertz CT molecular complexity index is 639. The Morgan fingerprint density at radius 1 is 1.42 bits per heavy atom. The van der Waals surface area contributed by atoms with Crippen molar-refractivity contribution in [3.05, 3.63) is 41.1 Å². The number of thiazole rings is 1. The van der Waals surface area contributed by atoms with Crippen LogP contribution < -0.4 is 4.72 Å². The average molecular weight is 297 g/mol. The Labute approximate surface area is 114 Å². The summed E-state index contributed by atoms with van der Waals surface area (Å²) in [7, 11) is -3.83. The summed E-state index contributed by atoms with van der Waals surface area (Å²) in [6, 6.07) is 2.87. The van der Waals surface area contributed by atoms with Crippen LogP contribution in [0, 0.1) is 0 Å². The molecule has 0 saturated carbocycles. The number of hydrogen-bond donors (Lipinski definition) is 1. The lowest BCUT2D eigenvalue weighted by Gasteiger charge is -2.05. The van der Waals surface area contributed by atoms with E-state index in [1.165, 1.54) is 35.9 Å². The van der Waals surface area contributed by atoms with Crippen LogP contribution in [0.5, 0.6) is 0 Å². The number of rotatable bonds is 5. The van der Waals surface area contributed by atoms with Gasteiger partial charge in [-0.3, -0.25) is 9.78 Å². The minimum atomic E-state index is -3.83. The molecule has 0 atom stereocenters. The highest BCUT2D eigenvalue weighted by Gasteiger charge is 2.17. The van der Waals surface area contributed by atoms with Gasteiger partial charge in [-0.2, -0.15) is 0 Å². The summed E-state index contributed by atoms with van der Waals surface area (Å²) in [6.45, 7) is 0. The second kappa shape index (κ2) is 5.89. The number of aryl methyl sites for hydroxylation is 1. The SMILES string of the molecule is O=C(CCc1cscn1)NS(=O)(=O)c1cccnc1. The number of carbonyl (C=O) groups excluding carboxylic acids is 1. The van der Waals surface area contributed by atoms with E-state index < -0.39 is 15.9 Å². The van der Waals surface area contributed by atoms with E-state index in [0.717, 1.165) is 5.69 Å². The first-order valence-corrected chi connectivity index (χ1v) is 7.83. The van der Waals surface area contributed by atoms with Crippen LogP contribution in [0.4, 0.5) is 0 Å². The van der Waals surface area contributed by atoms with E-state index in [0.29, 0.717) is 6.42 Å². The van der Waals surface area contributed by atoms with Crippen molar-refractivity contribution in [2.45, 2.75) is 17.7 Å². The van der Waals surface area contributed by atoms with Crippen molar-refractivity contribution in [1.82, 2.24) is 14.7 Å². The van der Waals surface area contributed by atoms with Gasteiger partial charge in [-0.05, 0) is 18.6 Å². The fraction of sp³-hybridized carbons (Fsp3) is 0.182. The van der Waals surface area contributed by atoms with Crippen LogP contribution in [0.2, 0.25) is 0 Å². The number of aromatic nitrogens is 2. The zero-order valence-corrected chi connectivity index (χ0v) is 11.4. The molecule has 19 heavy (non-hydrogen) atoms. The minimum Gasteiger partial charge on any atom is -0.274 e. The quantitative estimate of drug-likeness (QED) is 0.888. The van der Waals surface area contributed by atoms with E-state index in [-0.39, 0.29) is 11.3 Å². The third-order valence-electron chi connectivity index (χ3n) is 2.28. The van der Waals surface area contributed by atoms with Crippen molar-refractivity contribution in [2.24, 2.45) is 0 Å². The van der Waals surface area contributed by atoms with Crippen LogP contribution >= 0.6 is 11.3 Å². The maximum Gasteiger partial charge on any atom is 0.265 e. The average Bonchev–Trinajstić information content (AvgIpc) is 2.90. The highest BCUT2D eigenvalue weighted by Crippen LogP contribution is 2.07. The van der Waals surface area contributed by atoms with Crippen LogP contribution in [-0.2, 0) is 21.2 Å².